The predicted octanol–water partition coefficient (Wildman–Crippen LogP) is -0.0463. The summed E-state index contributed by atoms with van der Waals surface area (Å²) in [5.41, 5.74) is 5.56. The average Bonchev–Trinajstić information content (AvgIpc) is 2.57. The van der Waals surface area contributed by atoms with Crippen molar-refractivity contribution in [3.05, 3.63) is 23.4 Å². The van der Waals surface area contributed by atoms with Crippen molar-refractivity contribution >= 4 is 22.8 Å². The molecule has 5 nitrogen and oxygen atoms in total. The number of hydrogen-bond acceptors (Lipinski definition) is 5. The molecule has 0 fully saturated rings. The number of nitrogens with two attached hydrogens (primary N) is 1. The van der Waals surface area contributed by atoms with E-state index in [2.05, 4.69) is 4.99 Å². The van der Waals surface area contributed by atoms with Gasteiger partial charge in [-0.1, -0.05) is 11.8 Å². The van der Waals surface area contributed by atoms with E-state index in [4.69, 9.17) is 5.73 Å². The van der Waals surface area contributed by atoms with Crippen LogP contribution in [0.15, 0.2) is 28.4 Å². The van der Waals surface area contributed by atoms with Crippen LogP contribution < -0.4 is 5.73 Å². The second kappa shape index (κ2) is 3.47. The van der Waals surface area contributed by atoms with Gasteiger partial charge in [0.05, 0.1) is 6.42 Å². The molecule has 2 heterocycles. The number of aliphatic imine (C=N–C) groups is 1. The predicted molar refractivity (Wildman–Crippen MR) is 53.9 cm³/mol. The summed E-state index contributed by atoms with van der Waals surface area (Å²) in [6.45, 7) is 0. The van der Waals surface area contributed by atoms with Crippen molar-refractivity contribution in [3.8, 4) is 0 Å². The molecule has 0 aromatic rings. The largest absolute Gasteiger partial charge is 0.369 e. The van der Waals surface area contributed by atoms with Crippen LogP contribution in [0.1, 0.15) is 6.42 Å². The second-order valence-corrected chi connectivity index (χ2v) is 3.82. The fraction of sp³-hybridized carbons (Fsp3) is 0.250. The number of aliphatic hydroxyl groups excluding tert-OH is 1. The lowest BCUT2D eigenvalue weighted by atomic mass is 10.1. The molecule has 0 aliphatic carbocycles. The molecular formula is C8H9N3O2S. The summed E-state index contributed by atoms with van der Waals surface area (Å²) in [7, 11) is 0. The van der Waals surface area contributed by atoms with E-state index in [0.717, 1.165) is 0 Å². The molecule has 0 radical (unpaired) electrons. The number of fused-ring (bicyclic) bond motifs is 1. The van der Waals surface area contributed by atoms with Crippen molar-refractivity contribution in [2.24, 2.45) is 10.7 Å². The van der Waals surface area contributed by atoms with E-state index in [1.54, 1.807) is 11.1 Å². The lowest BCUT2D eigenvalue weighted by Crippen LogP contribution is -2.37. The molecule has 0 bridgehead atoms. The Hall–Kier alpha value is -1.27. The van der Waals surface area contributed by atoms with Gasteiger partial charge in [0.1, 0.15) is 0 Å². The Labute approximate surface area is 85.0 Å². The maximum Gasteiger partial charge on any atom is 0.221 e. The second-order valence-electron chi connectivity index (χ2n) is 2.94. The van der Waals surface area contributed by atoms with Gasteiger partial charge in [-0.3, -0.25) is 9.69 Å². The van der Waals surface area contributed by atoms with E-state index in [0.29, 0.717) is 10.7 Å². The molecule has 0 aromatic carbocycles. The van der Waals surface area contributed by atoms with E-state index < -0.39 is 12.1 Å². The number of carbonyl (C=O) groups is 1. The van der Waals surface area contributed by atoms with Gasteiger partial charge in [-0.2, -0.15) is 0 Å². The third kappa shape index (κ3) is 1.53. The fourth-order valence-electron chi connectivity index (χ4n) is 1.29. The summed E-state index contributed by atoms with van der Waals surface area (Å²) >= 11 is 1.43. The van der Waals surface area contributed by atoms with Crippen LogP contribution in [0.5, 0.6) is 0 Å². The zero-order valence-electron chi connectivity index (χ0n) is 7.25. The van der Waals surface area contributed by atoms with Gasteiger partial charge in [0.25, 0.3) is 0 Å². The number of thioether (sulfide) groups is 1. The molecule has 1 unspecified atom stereocenters. The lowest BCUT2D eigenvalue weighted by Gasteiger charge is -2.27. The van der Waals surface area contributed by atoms with Crippen molar-refractivity contribution in [3.63, 3.8) is 0 Å². The van der Waals surface area contributed by atoms with Crippen LogP contribution in [0, 0.1) is 0 Å². The van der Waals surface area contributed by atoms with Gasteiger partial charge < -0.3 is 10.8 Å². The Morgan fingerprint density at radius 3 is 3.29 bits per heavy atom. The molecule has 14 heavy (non-hydrogen) atoms. The average molecular weight is 211 g/mol. The number of aliphatic hydroxyl groups is 1. The molecule has 6 heteroatoms. The summed E-state index contributed by atoms with van der Waals surface area (Å²) in [5.74, 6) is -0.468. The first-order valence-electron chi connectivity index (χ1n) is 4.03. The van der Waals surface area contributed by atoms with Crippen LogP contribution in [0.4, 0.5) is 0 Å². The Balaban J connectivity index is 2.20. The highest BCUT2D eigenvalue weighted by molar-refractivity contribution is 8.16. The van der Waals surface area contributed by atoms with Crippen LogP contribution in [0.25, 0.3) is 0 Å². The smallest absolute Gasteiger partial charge is 0.221 e. The maximum absolute atomic E-state index is 10.7. The number of nitrogens with zero attached hydrogens (tertiary/aromatic N) is 2. The van der Waals surface area contributed by atoms with Gasteiger partial charge in [0.2, 0.25) is 5.91 Å². The number of primary amides is 1. The van der Waals surface area contributed by atoms with E-state index in [1.807, 2.05) is 5.41 Å². The molecule has 1 atom stereocenters. The minimum absolute atomic E-state index is 0.0347. The first-order valence-corrected chi connectivity index (χ1v) is 4.91. The summed E-state index contributed by atoms with van der Waals surface area (Å²) in [6, 6.07) is 0. The van der Waals surface area contributed by atoms with Crippen molar-refractivity contribution in [2.45, 2.75) is 12.6 Å². The Morgan fingerprint density at radius 1 is 1.79 bits per heavy atom. The van der Waals surface area contributed by atoms with Crippen molar-refractivity contribution < 1.29 is 9.90 Å². The molecule has 0 aromatic heterocycles. The highest BCUT2D eigenvalue weighted by Gasteiger charge is 2.28. The Kier molecular flexibility index (Phi) is 2.30. The first kappa shape index (κ1) is 9.29. The van der Waals surface area contributed by atoms with Crippen molar-refractivity contribution in [2.75, 3.05) is 0 Å². The van der Waals surface area contributed by atoms with E-state index in [1.165, 1.54) is 18.0 Å². The van der Waals surface area contributed by atoms with Crippen LogP contribution >= 0.6 is 11.8 Å². The molecular weight excluding hydrogens is 202 g/mol. The highest BCUT2D eigenvalue weighted by Crippen LogP contribution is 2.28. The van der Waals surface area contributed by atoms with Gasteiger partial charge in [-0.25, -0.2) is 4.99 Å². The standard InChI is InChI=1S/C8H9N3O2S/c9-6(12)3-5-4-10-8-11(7(5)13)1-2-14-8/h1-2,4,7,13H,3H2,(H2,9,12). The molecule has 2 aliphatic heterocycles. The third-order valence-corrected chi connectivity index (χ3v) is 2.71. The zero-order valence-corrected chi connectivity index (χ0v) is 8.07. The monoisotopic (exact) mass is 211 g/mol. The molecule has 2 aliphatic rings. The van der Waals surface area contributed by atoms with Crippen molar-refractivity contribution in [1.82, 2.24) is 4.90 Å². The normalized spacial score (nSPS) is 24.4. The molecule has 1 amide bonds. The van der Waals surface area contributed by atoms with E-state index in [9.17, 15) is 9.90 Å². The molecule has 0 saturated carbocycles. The Bertz CT molecular complexity index is 362. The number of hydrogen-bond donors (Lipinski definition) is 2. The van der Waals surface area contributed by atoms with Crippen LogP contribution in [0.2, 0.25) is 0 Å². The van der Waals surface area contributed by atoms with Gasteiger partial charge in [0, 0.05) is 18.0 Å². The molecule has 0 saturated heterocycles. The summed E-state index contributed by atoms with van der Waals surface area (Å²) in [5, 5.41) is 12.3. The minimum Gasteiger partial charge on any atom is -0.369 e. The third-order valence-electron chi connectivity index (χ3n) is 1.93. The van der Waals surface area contributed by atoms with Crippen molar-refractivity contribution in [1.29, 1.82) is 0 Å². The summed E-state index contributed by atoms with van der Waals surface area (Å²) in [6.07, 6.45) is 2.44. The highest BCUT2D eigenvalue weighted by atomic mass is 32.2. The Morgan fingerprint density at radius 2 is 2.57 bits per heavy atom. The molecule has 74 valence electrons. The molecule has 3 N–H and O–H groups in total. The number of amidine groups is 1. The van der Waals surface area contributed by atoms with Gasteiger partial charge >= 0.3 is 0 Å². The van der Waals surface area contributed by atoms with Crippen LogP contribution in [-0.4, -0.2) is 27.3 Å². The lowest BCUT2D eigenvalue weighted by molar-refractivity contribution is -0.117. The van der Waals surface area contributed by atoms with E-state index in [-0.39, 0.29) is 6.42 Å². The van der Waals surface area contributed by atoms with E-state index >= 15 is 0 Å². The molecule has 0 spiro atoms. The number of carbonyl (C=O) groups excluding carboxylic acids is 1. The topological polar surface area (TPSA) is 78.9 Å². The fourth-order valence-corrected chi connectivity index (χ4v) is 2.00. The molecule has 2 rings (SSSR count). The van der Waals surface area contributed by atoms with Gasteiger partial charge in [-0.15, -0.1) is 0 Å². The van der Waals surface area contributed by atoms with Crippen LogP contribution in [-0.2, 0) is 4.79 Å². The van der Waals surface area contributed by atoms with Crippen LogP contribution in [0.3, 0.4) is 0 Å². The van der Waals surface area contributed by atoms with Gasteiger partial charge in [0.15, 0.2) is 11.4 Å². The summed E-state index contributed by atoms with van der Waals surface area (Å²) < 4.78 is 0. The maximum atomic E-state index is 10.7. The quantitative estimate of drug-likeness (QED) is 0.671. The van der Waals surface area contributed by atoms with Gasteiger partial charge in [-0.05, 0) is 5.41 Å². The number of amides is 1. The zero-order chi connectivity index (χ0) is 10.1. The summed E-state index contributed by atoms with van der Waals surface area (Å²) in [4.78, 5) is 16.4. The SMILES string of the molecule is NC(=O)CC1=CN=C2SC=CN2C1O. The minimum atomic E-state index is -0.818. The first-order chi connectivity index (χ1) is 6.68. The number of rotatable bonds is 2.